The number of para-hydroxylation sites is 1. The minimum atomic E-state index is -0.641. The van der Waals surface area contributed by atoms with Crippen LogP contribution < -0.4 is 4.90 Å². The SMILES string of the molecule is COC1(OC)CC(CCCN2CCN(c3ccccc3F)CC2)Sc2ccccc21. The molecule has 0 aliphatic carbocycles. The van der Waals surface area contributed by atoms with Gasteiger partial charge in [0.05, 0.1) is 5.69 Å². The molecule has 0 radical (unpaired) electrons. The van der Waals surface area contributed by atoms with Gasteiger partial charge in [-0.15, -0.1) is 11.8 Å². The Kier molecular flexibility index (Phi) is 6.98. The van der Waals surface area contributed by atoms with Crippen molar-refractivity contribution < 1.29 is 13.9 Å². The van der Waals surface area contributed by atoms with Gasteiger partial charge in [-0.1, -0.05) is 30.3 Å². The number of thioether (sulfide) groups is 1. The summed E-state index contributed by atoms with van der Waals surface area (Å²) in [5.41, 5.74) is 1.87. The molecule has 4 nitrogen and oxygen atoms in total. The van der Waals surface area contributed by atoms with Gasteiger partial charge < -0.3 is 14.4 Å². The Labute approximate surface area is 183 Å². The predicted molar refractivity (Wildman–Crippen MR) is 121 cm³/mol. The van der Waals surface area contributed by atoms with Crippen LogP contribution in [0.1, 0.15) is 24.8 Å². The summed E-state index contributed by atoms with van der Waals surface area (Å²) in [5.74, 6) is -0.766. The molecule has 162 valence electrons. The molecule has 1 atom stereocenters. The number of hydrogen-bond donors (Lipinski definition) is 0. The number of methoxy groups -OCH3 is 2. The maximum atomic E-state index is 14.0. The molecule has 2 heterocycles. The van der Waals surface area contributed by atoms with Crippen molar-refractivity contribution in [2.45, 2.75) is 35.2 Å². The van der Waals surface area contributed by atoms with Crippen molar-refractivity contribution >= 4 is 17.4 Å². The average molecular weight is 431 g/mol. The molecule has 0 bridgehead atoms. The molecule has 4 rings (SSSR count). The summed E-state index contributed by atoms with van der Waals surface area (Å²) in [4.78, 5) is 5.92. The summed E-state index contributed by atoms with van der Waals surface area (Å²) in [6.45, 7) is 4.80. The molecule has 1 saturated heterocycles. The number of halogens is 1. The highest BCUT2D eigenvalue weighted by atomic mass is 32.2. The lowest BCUT2D eigenvalue weighted by molar-refractivity contribution is -0.222. The third-order valence-corrected chi connectivity index (χ3v) is 7.66. The molecular formula is C24H31FN2O2S. The van der Waals surface area contributed by atoms with E-state index in [0.717, 1.165) is 63.2 Å². The van der Waals surface area contributed by atoms with Crippen LogP contribution in [0.3, 0.4) is 0 Å². The van der Waals surface area contributed by atoms with Crippen molar-refractivity contribution in [1.82, 2.24) is 4.90 Å². The molecular weight excluding hydrogens is 399 g/mol. The number of benzene rings is 2. The van der Waals surface area contributed by atoms with Gasteiger partial charge in [0.25, 0.3) is 0 Å². The quantitative estimate of drug-likeness (QED) is 0.591. The number of rotatable bonds is 7. The van der Waals surface area contributed by atoms with E-state index in [1.807, 2.05) is 30.0 Å². The number of piperazine rings is 1. The number of ether oxygens (including phenoxy) is 2. The van der Waals surface area contributed by atoms with E-state index in [1.165, 1.54) is 4.90 Å². The van der Waals surface area contributed by atoms with Crippen LogP contribution in [0.5, 0.6) is 0 Å². The van der Waals surface area contributed by atoms with E-state index >= 15 is 0 Å². The van der Waals surface area contributed by atoms with Crippen molar-refractivity contribution in [3.05, 3.63) is 59.9 Å². The molecule has 6 heteroatoms. The van der Waals surface area contributed by atoms with Crippen molar-refractivity contribution in [3.63, 3.8) is 0 Å². The number of hydrogen-bond acceptors (Lipinski definition) is 5. The largest absolute Gasteiger partial charge is 0.367 e. The highest BCUT2D eigenvalue weighted by Crippen LogP contribution is 2.47. The first-order chi connectivity index (χ1) is 14.6. The first kappa shape index (κ1) is 21.6. The molecule has 2 aliphatic heterocycles. The molecule has 30 heavy (non-hydrogen) atoms. The Morgan fingerprint density at radius 1 is 1.00 bits per heavy atom. The molecule has 2 aromatic rings. The summed E-state index contributed by atoms with van der Waals surface area (Å²) in [5, 5.41) is 0.472. The van der Waals surface area contributed by atoms with E-state index in [4.69, 9.17) is 9.47 Å². The average Bonchev–Trinajstić information content (AvgIpc) is 2.79. The van der Waals surface area contributed by atoms with Crippen LogP contribution in [0, 0.1) is 5.82 Å². The summed E-state index contributed by atoms with van der Waals surface area (Å²) in [7, 11) is 3.48. The third kappa shape index (κ3) is 4.52. The molecule has 1 unspecified atom stereocenters. The summed E-state index contributed by atoms with van der Waals surface area (Å²) >= 11 is 1.95. The van der Waals surface area contributed by atoms with E-state index in [9.17, 15) is 4.39 Å². The van der Waals surface area contributed by atoms with Crippen LogP contribution in [0.4, 0.5) is 10.1 Å². The fourth-order valence-electron chi connectivity index (χ4n) is 4.61. The van der Waals surface area contributed by atoms with Gasteiger partial charge in [0.15, 0.2) is 5.79 Å². The van der Waals surface area contributed by atoms with Crippen LogP contribution in [0.25, 0.3) is 0 Å². The molecule has 0 saturated carbocycles. The molecule has 2 aliphatic rings. The molecule has 2 aromatic carbocycles. The standard InChI is InChI=1S/C24H31FN2O2S/c1-28-24(29-2)18-19(30-23-12-6-3-9-20(23)24)8-7-13-26-14-16-27(17-15-26)22-11-5-4-10-21(22)25/h3-6,9-12,19H,7-8,13-18H2,1-2H3. The van der Waals surface area contributed by atoms with Crippen LogP contribution in [0.15, 0.2) is 53.4 Å². The van der Waals surface area contributed by atoms with E-state index in [0.29, 0.717) is 5.25 Å². The van der Waals surface area contributed by atoms with Gasteiger partial charge in [-0.05, 0) is 37.6 Å². The maximum Gasteiger partial charge on any atom is 0.196 e. The summed E-state index contributed by atoms with van der Waals surface area (Å²) in [6, 6.07) is 15.5. The molecule has 1 fully saturated rings. The van der Waals surface area contributed by atoms with Gasteiger partial charge in [0.1, 0.15) is 5.82 Å². The smallest absolute Gasteiger partial charge is 0.196 e. The molecule has 0 aromatic heterocycles. The highest BCUT2D eigenvalue weighted by molar-refractivity contribution is 8.00. The van der Waals surface area contributed by atoms with Gasteiger partial charge in [-0.3, -0.25) is 4.90 Å². The van der Waals surface area contributed by atoms with E-state index < -0.39 is 5.79 Å². The second-order valence-electron chi connectivity index (χ2n) is 8.02. The highest BCUT2D eigenvalue weighted by Gasteiger charge is 2.41. The van der Waals surface area contributed by atoms with Gasteiger partial charge >= 0.3 is 0 Å². The normalized spacial score (nSPS) is 21.4. The fourth-order valence-corrected chi connectivity index (χ4v) is 6.06. The molecule has 0 amide bonds. The number of anilines is 1. The fraction of sp³-hybridized carbons (Fsp3) is 0.500. The Hall–Kier alpha value is -1.60. The summed E-state index contributed by atoms with van der Waals surface area (Å²) in [6.07, 6.45) is 3.13. The second kappa shape index (κ2) is 9.69. The van der Waals surface area contributed by atoms with Crippen molar-refractivity contribution in [2.75, 3.05) is 51.8 Å². The van der Waals surface area contributed by atoms with Crippen LogP contribution in [0.2, 0.25) is 0 Å². The van der Waals surface area contributed by atoms with Crippen LogP contribution in [-0.4, -0.2) is 57.1 Å². The predicted octanol–water partition coefficient (Wildman–Crippen LogP) is 4.74. The zero-order valence-electron chi connectivity index (χ0n) is 17.9. The molecule has 0 N–H and O–H groups in total. The van der Waals surface area contributed by atoms with Gasteiger partial charge in [0.2, 0.25) is 0 Å². The minimum absolute atomic E-state index is 0.125. The van der Waals surface area contributed by atoms with E-state index in [-0.39, 0.29) is 5.82 Å². The zero-order chi connectivity index (χ0) is 21.0. The lowest BCUT2D eigenvalue weighted by Crippen LogP contribution is -2.47. The van der Waals surface area contributed by atoms with E-state index in [2.05, 4.69) is 28.0 Å². The Morgan fingerprint density at radius 3 is 2.43 bits per heavy atom. The molecule has 0 spiro atoms. The van der Waals surface area contributed by atoms with E-state index in [1.54, 1.807) is 26.4 Å². The van der Waals surface area contributed by atoms with Crippen molar-refractivity contribution in [3.8, 4) is 0 Å². The van der Waals surface area contributed by atoms with Crippen molar-refractivity contribution in [1.29, 1.82) is 0 Å². The Bertz CT molecular complexity index is 837. The van der Waals surface area contributed by atoms with Crippen molar-refractivity contribution in [2.24, 2.45) is 0 Å². The number of fused-ring (bicyclic) bond motifs is 1. The van der Waals surface area contributed by atoms with Gasteiger partial charge in [-0.2, -0.15) is 0 Å². The zero-order valence-corrected chi connectivity index (χ0v) is 18.7. The Morgan fingerprint density at radius 2 is 1.70 bits per heavy atom. The van der Waals surface area contributed by atoms with Crippen LogP contribution >= 0.6 is 11.8 Å². The first-order valence-corrected chi connectivity index (χ1v) is 11.6. The minimum Gasteiger partial charge on any atom is -0.367 e. The third-order valence-electron chi connectivity index (χ3n) is 6.31. The monoisotopic (exact) mass is 430 g/mol. The summed E-state index contributed by atoms with van der Waals surface area (Å²) < 4.78 is 25.8. The number of nitrogens with zero attached hydrogens (tertiary/aromatic N) is 2. The first-order valence-electron chi connectivity index (χ1n) is 10.7. The van der Waals surface area contributed by atoms with Gasteiger partial charge in [-0.25, -0.2) is 4.39 Å². The second-order valence-corrected chi connectivity index (χ2v) is 9.37. The van der Waals surface area contributed by atoms with Crippen LogP contribution in [-0.2, 0) is 15.3 Å². The maximum absolute atomic E-state index is 14.0. The topological polar surface area (TPSA) is 24.9 Å². The van der Waals surface area contributed by atoms with Gasteiger partial charge in [0, 0.05) is 62.5 Å². The lowest BCUT2D eigenvalue weighted by atomic mass is 9.97. The Balaban J connectivity index is 1.28. The lowest BCUT2D eigenvalue weighted by Gasteiger charge is -2.40.